The molecule has 2 heteroatoms. The van der Waals surface area contributed by atoms with Crippen molar-refractivity contribution in [3.8, 4) is 0 Å². The highest BCUT2D eigenvalue weighted by molar-refractivity contribution is 5.44. The number of fused-ring (bicyclic) bond motifs is 2. The molecule has 90 valence electrons. The number of aliphatic hydroxyl groups is 1. The molecule has 0 heterocycles. The van der Waals surface area contributed by atoms with E-state index < -0.39 is 0 Å². The monoisotopic (exact) mass is 229 g/mol. The van der Waals surface area contributed by atoms with Crippen LogP contribution in [0.1, 0.15) is 12.8 Å². The SMILES string of the molecule is C=CC1CC2CC1C(O)C2Nc1ccccc1. The Morgan fingerprint density at radius 1 is 1.24 bits per heavy atom. The smallest absolute Gasteiger partial charge is 0.0777 e. The maximum Gasteiger partial charge on any atom is 0.0777 e. The van der Waals surface area contributed by atoms with Crippen LogP contribution >= 0.6 is 0 Å². The summed E-state index contributed by atoms with van der Waals surface area (Å²) in [5.41, 5.74) is 1.11. The minimum Gasteiger partial charge on any atom is -0.391 e. The fourth-order valence-electron chi connectivity index (χ4n) is 3.58. The van der Waals surface area contributed by atoms with E-state index in [1.165, 1.54) is 6.42 Å². The van der Waals surface area contributed by atoms with Crippen molar-refractivity contribution in [1.29, 1.82) is 0 Å². The highest BCUT2D eigenvalue weighted by Gasteiger charge is 2.51. The number of anilines is 1. The van der Waals surface area contributed by atoms with Gasteiger partial charge in [-0.3, -0.25) is 0 Å². The molecule has 5 atom stereocenters. The van der Waals surface area contributed by atoms with Crippen LogP contribution in [0.2, 0.25) is 0 Å². The van der Waals surface area contributed by atoms with Crippen molar-refractivity contribution in [3.63, 3.8) is 0 Å². The first-order chi connectivity index (χ1) is 8.29. The van der Waals surface area contributed by atoms with E-state index >= 15 is 0 Å². The van der Waals surface area contributed by atoms with Gasteiger partial charge in [0.15, 0.2) is 0 Å². The van der Waals surface area contributed by atoms with Gasteiger partial charge in [-0.2, -0.15) is 0 Å². The normalized spacial score (nSPS) is 39.2. The van der Waals surface area contributed by atoms with Crippen LogP contribution in [-0.2, 0) is 0 Å². The average molecular weight is 229 g/mol. The lowest BCUT2D eigenvalue weighted by atomic mass is 9.84. The molecule has 2 bridgehead atoms. The molecular formula is C15H19NO. The lowest BCUT2D eigenvalue weighted by molar-refractivity contribution is 0.0829. The van der Waals surface area contributed by atoms with Gasteiger partial charge in [0.05, 0.1) is 12.1 Å². The van der Waals surface area contributed by atoms with E-state index in [2.05, 4.69) is 24.0 Å². The number of allylic oxidation sites excluding steroid dienone is 1. The first kappa shape index (κ1) is 10.8. The highest BCUT2D eigenvalue weighted by Crippen LogP contribution is 2.49. The molecule has 0 spiro atoms. The van der Waals surface area contributed by atoms with Gasteiger partial charge in [0.25, 0.3) is 0 Å². The highest BCUT2D eigenvalue weighted by atomic mass is 16.3. The molecule has 5 unspecified atom stereocenters. The molecule has 2 saturated carbocycles. The maximum absolute atomic E-state index is 10.3. The van der Waals surface area contributed by atoms with E-state index in [1.807, 2.05) is 24.3 Å². The Kier molecular flexibility index (Phi) is 2.67. The van der Waals surface area contributed by atoms with Gasteiger partial charge in [-0.15, -0.1) is 6.58 Å². The molecule has 3 rings (SSSR count). The first-order valence-electron chi connectivity index (χ1n) is 6.42. The number of para-hydroxylation sites is 1. The van der Waals surface area contributed by atoms with Crippen molar-refractivity contribution in [2.75, 3.05) is 5.32 Å². The molecule has 0 aliphatic heterocycles. The number of aliphatic hydroxyl groups excluding tert-OH is 1. The second-order valence-electron chi connectivity index (χ2n) is 5.32. The van der Waals surface area contributed by atoms with Gasteiger partial charge in [-0.05, 0) is 42.7 Å². The Hall–Kier alpha value is -1.28. The van der Waals surface area contributed by atoms with Gasteiger partial charge < -0.3 is 10.4 Å². The third-order valence-corrected chi connectivity index (χ3v) is 4.42. The number of rotatable bonds is 3. The van der Waals surface area contributed by atoms with Crippen molar-refractivity contribution in [2.45, 2.75) is 25.0 Å². The van der Waals surface area contributed by atoms with Crippen LogP contribution in [0, 0.1) is 17.8 Å². The molecule has 2 nitrogen and oxygen atoms in total. The molecule has 0 aromatic heterocycles. The number of benzene rings is 1. The minimum atomic E-state index is -0.225. The molecule has 2 aliphatic rings. The molecule has 0 amide bonds. The predicted octanol–water partition coefficient (Wildman–Crippen LogP) is 2.67. The quantitative estimate of drug-likeness (QED) is 0.781. The van der Waals surface area contributed by atoms with E-state index in [0.717, 1.165) is 12.1 Å². The zero-order valence-corrected chi connectivity index (χ0v) is 9.92. The molecule has 0 saturated heterocycles. The third kappa shape index (κ3) is 1.77. The van der Waals surface area contributed by atoms with Crippen LogP contribution in [-0.4, -0.2) is 17.3 Å². The van der Waals surface area contributed by atoms with E-state index in [1.54, 1.807) is 0 Å². The van der Waals surface area contributed by atoms with Crippen molar-refractivity contribution in [2.24, 2.45) is 17.8 Å². The van der Waals surface area contributed by atoms with Crippen LogP contribution in [0.4, 0.5) is 5.69 Å². The zero-order valence-electron chi connectivity index (χ0n) is 9.92. The summed E-state index contributed by atoms with van der Waals surface area (Å²) < 4.78 is 0. The van der Waals surface area contributed by atoms with Gasteiger partial charge in [0.2, 0.25) is 0 Å². The summed E-state index contributed by atoms with van der Waals surface area (Å²) in [5, 5.41) is 13.8. The average Bonchev–Trinajstić information content (AvgIpc) is 2.91. The van der Waals surface area contributed by atoms with Gasteiger partial charge >= 0.3 is 0 Å². The second-order valence-corrected chi connectivity index (χ2v) is 5.32. The molecular weight excluding hydrogens is 210 g/mol. The maximum atomic E-state index is 10.3. The fourth-order valence-corrected chi connectivity index (χ4v) is 3.58. The van der Waals surface area contributed by atoms with Crippen molar-refractivity contribution < 1.29 is 5.11 Å². The Morgan fingerprint density at radius 2 is 2.00 bits per heavy atom. The standard InChI is InChI=1S/C15H19NO/c1-2-10-8-11-9-13(10)15(17)14(11)16-12-6-4-3-5-7-12/h2-7,10-11,13-17H,1,8-9H2. The Labute approximate surface area is 102 Å². The minimum absolute atomic E-state index is 0.221. The Balaban J connectivity index is 1.73. The summed E-state index contributed by atoms with van der Waals surface area (Å²) >= 11 is 0. The molecule has 2 N–H and O–H groups in total. The molecule has 1 aromatic rings. The summed E-state index contributed by atoms with van der Waals surface area (Å²) in [7, 11) is 0. The van der Waals surface area contributed by atoms with Gasteiger partial charge in [0.1, 0.15) is 0 Å². The Morgan fingerprint density at radius 3 is 2.65 bits per heavy atom. The predicted molar refractivity (Wildman–Crippen MR) is 69.8 cm³/mol. The van der Waals surface area contributed by atoms with Crippen molar-refractivity contribution in [3.05, 3.63) is 43.0 Å². The van der Waals surface area contributed by atoms with Crippen LogP contribution in [0.3, 0.4) is 0 Å². The van der Waals surface area contributed by atoms with Crippen LogP contribution in [0.15, 0.2) is 43.0 Å². The van der Waals surface area contributed by atoms with Gasteiger partial charge in [-0.25, -0.2) is 0 Å². The van der Waals surface area contributed by atoms with Gasteiger partial charge in [0, 0.05) is 5.69 Å². The summed E-state index contributed by atoms with van der Waals surface area (Å²) in [6, 6.07) is 10.4. The summed E-state index contributed by atoms with van der Waals surface area (Å²) in [6.45, 7) is 3.87. The lowest BCUT2D eigenvalue weighted by Crippen LogP contribution is -2.41. The molecule has 1 aromatic carbocycles. The fraction of sp³-hybridized carbons (Fsp3) is 0.467. The second kappa shape index (κ2) is 4.19. The molecule has 2 fully saturated rings. The van der Waals surface area contributed by atoms with Crippen molar-refractivity contribution >= 4 is 5.69 Å². The van der Waals surface area contributed by atoms with E-state index in [9.17, 15) is 5.11 Å². The number of hydrogen-bond acceptors (Lipinski definition) is 2. The molecule has 0 radical (unpaired) electrons. The summed E-state index contributed by atoms with van der Waals surface area (Å²) in [6.07, 6.45) is 4.11. The third-order valence-electron chi connectivity index (χ3n) is 4.42. The number of hydrogen-bond donors (Lipinski definition) is 2. The van der Waals surface area contributed by atoms with Crippen molar-refractivity contribution in [1.82, 2.24) is 0 Å². The first-order valence-corrected chi connectivity index (χ1v) is 6.42. The van der Waals surface area contributed by atoms with Crippen LogP contribution in [0.25, 0.3) is 0 Å². The summed E-state index contributed by atoms with van der Waals surface area (Å²) in [4.78, 5) is 0. The lowest BCUT2D eigenvalue weighted by Gasteiger charge is -2.32. The van der Waals surface area contributed by atoms with Crippen LogP contribution < -0.4 is 5.32 Å². The zero-order chi connectivity index (χ0) is 11.8. The molecule has 2 aliphatic carbocycles. The van der Waals surface area contributed by atoms with Gasteiger partial charge in [-0.1, -0.05) is 24.3 Å². The molecule has 17 heavy (non-hydrogen) atoms. The van der Waals surface area contributed by atoms with E-state index in [0.29, 0.717) is 17.8 Å². The summed E-state index contributed by atoms with van der Waals surface area (Å²) in [5.74, 6) is 1.53. The topological polar surface area (TPSA) is 32.3 Å². The van der Waals surface area contributed by atoms with Crippen LogP contribution in [0.5, 0.6) is 0 Å². The van der Waals surface area contributed by atoms with E-state index in [-0.39, 0.29) is 12.1 Å². The number of nitrogens with one attached hydrogen (secondary N) is 1. The van der Waals surface area contributed by atoms with E-state index in [4.69, 9.17) is 0 Å². The largest absolute Gasteiger partial charge is 0.391 e. The Bertz CT molecular complexity index is 401.